The van der Waals surface area contributed by atoms with Gasteiger partial charge in [-0.3, -0.25) is 0 Å². The van der Waals surface area contributed by atoms with Gasteiger partial charge in [0.05, 0.1) is 6.07 Å². The molecular formula is C17H24N2O. The summed E-state index contributed by atoms with van der Waals surface area (Å²) < 4.78 is 6.11. The summed E-state index contributed by atoms with van der Waals surface area (Å²) in [4.78, 5) is 0. The monoisotopic (exact) mass is 272 g/mol. The molecule has 3 nitrogen and oxygen atoms in total. The third kappa shape index (κ3) is 3.32. The number of nitrogens with zero attached hydrogens (tertiary/aromatic N) is 1. The van der Waals surface area contributed by atoms with E-state index in [0.717, 1.165) is 31.4 Å². The molecule has 0 bridgehead atoms. The number of benzene rings is 1. The van der Waals surface area contributed by atoms with Gasteiger partial charge in [0.15, 0.2) is 0 Å². The third-order valence-corrected chi connectivity index (χ3v) is 4.23. The summed E-state index contributed by atoms with van der Waals surface area (Å²) in [5.74, 6) is 1.42. The van der Waals surface area contributed by atoms with E-state index in [9.17, 15) is 5.26 Å². The first kappa shape index (κ1) is 14.9. The van der Waals surface area contributed by atoms with Crippen molar-refractivity contribution in [2.24, 2.45) is 0 Å². The van der Waals surface area contributed by atoms with Crippen LogP contribution in [-0.4, -0.2) is 18.7 Å². The summed E-state index contributed by atoms with van der Waals surface area (Å²) in [6.07, 6.45) is 3.84. The Balaban J connectivity index is 2.06. The molecule has 2 unspecified atom stereocenters. The summed E-state index contributed by atoms with van der Waals surface area (Å²) in [6, 6.07) is 10.7. The minimum absolute atomic E-state index is 0.123. The van der Waals surface area contributed by atoms with E-state index in [-0.39, 0.29) is 6.10 Å². The second kappa shape index (κ2) is 6.28. The van der Waals surface area contributed by atoms with Gasteiger partial charge in [-0.25, -0.2) is 0 Å². The predicted octanol–water partition coefficient (Wildman–Crippen LogP) is 3.61. The lowest BCUT2D eigenvalue weighted by Gasteiger charge is -2.35. The van der Waals surface area contributed by atoms with Gasteiger partial charge >= 0.3 is 0 Å². The quantitative estimate of drug-likeness (QED) is 0.910. The zero-order valence-electron chi connectivity index (χ0n) is 12.6. The van der Waals surface area contributed by atoms with Crippen molar-refractivity contribution in [1.82, 2.24) is 5.32 Å². The first-order valence-corrected chi connectivity index (χ1v) is 7.45. The molecule has 0 spiro atoms. The smallest absolute Gasteiger partial charge is 0.120 e. The predicted molar refractivity (Wildman–Crippen MR) is 80.8 cm³/mol. The molecule has 1 aliphatic carbocycles. The van der Waals surface area contributed by atoms with Crippen molar-refractivity contribution in [3.63, 3.8) is 0 Å². The van der Waals surface area contributed by atoms with Crippen LogP contribution in [0.1, 0.15) is 51.0 Å². The van der Waals surface area contributed by atoms with Crippen LogP contribution in [0.4, 0.5) is 0 Å². The van der Waals surface area contributed by atoms with Crippen LogP contribution in [0.5, 0.6) is 5.75 Å². The van der Waals surface area contributed by atoms with Crippen LogP contribution in [0.3, 0.4) is 0 Å². The number of nitriles is 1. The van der Waals surface area contributed by atoms with Crippen LogP contribution in [-0.2, 0) is 0 Å². The van der Waals surface area contributed by atoms with Crippen molar-refractivity contribution in [2.45, 2.75) is 57.1 Å². The molecule has 1 N–H and O–H groups in total. The average Bonchev–Trinajstić information content (AvgIpc) is 2.47. The Morgan fingerprint density at radius 1 is 1.45 bits per heavy atom. The van der Waals surface area contributed by atoms with Gasteiger partial charge in [0.2, 0.25) is 0 Å². The minimum atomic E-state index is -0.418. The Morgan fingerprint density at radius 3 is 2.90 bits per heavy atom. The molecule has 0 amide bonds. The highest BCUT2D eigenvalue weighted by Gasteiger charge is 2.36. The molecule has 0 radical (unpaired) electrons. The summed E-state index contributed by atoms with van der Waals surface area (Å²) >= 11 is 0. The highest BCUT2D eigenvalue weighted by atomic mass is 16.5. The highest BCUT2D eigenvalue weighted by molar-refractivity contribution is 5.30. The molecule has 0 saturated heterocycles. The van der Waals surface area contributed by atoms with Crippen molar-refractivity contribution in [3.05, 3.63) is 29.8 Å². The van der Waals surface area contributed by atoms with Crippen molar-refractivity contribution in [2.75, 3.05) is 7.05 Å². The van der Waals surface area contributed by atoms with Crippen LogP contribution in [0, 0.1) is 11.3 Å². The van der Waals surface area contributed by atoms with Crippen molar-refractivity contribution in [1.29, 1.82) is 5.26 Å². The Bertz CT molecular complexity index is 492. The van der Waals surface area contributed by atoms with E-state index >= 15 is 0 Å². The Kier molecular flexibility index (Phi) is 4.67. The standard InChI is InChI=1S/C17H24N2O/c1-13(2)14-6-4-7-15(10-14)20-16-8-5-9-17(11-16,12-18)19-3/h4,6-7,10,13,16,19H,5,8-9,11H2,1-3H3. The van der Waals surface area contributed by atoms with Crippen LogP contribution >= 0.6 is 0 Å². The first-order valence-electron chi connectivity index (χ1n) is 7.45. The molecule has 1 aliphatic rings. The third-order valence-electron chi connectivity index (χ3n) is 4.23. The molecule has 108 valence electrons. The van der Waals surface area contributed by atoms with E-state index in [1.165, 1.54) is 5.56 Å². The van der Waals surface area contributed by atoms with Crippen LogP contribution in [0.15, 0.2) is 24.3 Å². The van der Waals surface area contributed by atoms with Crippen LogP contribution in [0.25, 0.3) is 0 Å². The summed E-state index contributed by atoms with van der Waals surface area (Å²) in [7, 11) is 1.87. The van der Waals surface area contributed by atoms with Crippen molar-refractivity contribution < 1.29 is 4.74 Å². The van der Waals surface area contributed by atoms with E-state index in [4.69, 9.17) is 4.74 Å². The maximum atomic E-state index is 9.37. The van der Waals surface area contributed by atoms with Crippen molar-refractivity contribution in [3.8, 4) is 11.8 Å². The van der Waals surface area contributed by atoms with E-state index in [2.05, 4.69) is 37.4 Å². The molecule has 2 atom stereocenters. The Hall–Kier alpha value is -1.53. The second-order valence-corrected chi connectivity index (χ2v) is 6.01. The molecule has 20 heavy (non-hydrogen) atoms. The minimum Gasteiger partial charge on any atom is -0.490 e. The molecule has 3 heteroatoms. The highest BCUT2D eigenvalue weighted by Crippen LogP contribution is 2.31. The van der Waals surface area contributed by atoms with E-state index in [1.54, 1.807) is 0 Å². The Morgan fingerprint density at radius 2 is 2.25 bits per heavy atom. The van der Waals surface area contributed by atoms with E-state index in [0.29, 0.717) is 5.92 Å². The molecular weight excluding hydrogens is 248 g/mol. The zero-order chi connectivity index (χ0) is 14.6. The SMILES string of the molecule is CNC1(C#N)CCCC(Oc2cccc(C(C)C)c2)C1. The van der Waals surface area contributed by atoms with Crippen LogP contribution < -0.4 is 10.1 Å². The zero-order valence-corrected chi connectivity index (χ0v) is 12.6. The molecule has 1 aromatic carbocycles. The summed E-state index contributed by atoms with van der Waals surface area (Å²) in [5.41, 5.74) is 0.872. The largest absolute Gasteiger partial charge is 0.490 e. The van der Waals surface area contributed by atoms with Gasteiger partial charge < -0.3 is 10.1 Å². The lowest BCUT2D eigenvalue weighted by molar-refractivity contribution is 0.116. The number of nitrogens with one attached hydrogen (secondary N) is 1. The maximum absolute atomic E-state index is 9.37. The van der Waals surface area contributed by atoms with Gasteiger partial charge in [-0.15, -0.1) is 0 Å². The number of hydrogen-bond donors (Lipinski definition) is 1. The fourth-order valence-electron chi connectivity index (χ4n) is 2.85. The fraction of sp³-hybridized carbons (Fsp3) is 0.588. The lowest BCUT2D eigenvalue weighted by Crippen LogP contribution is -2.48. The van der Waals surface area contributed by atoms with Gasteiger partial charge in [0.1, 0.15) is 17.4 Å². The molecule has 0 aromatic heterocycles. The number of rotatable bonds is 4. The number of hydrogen-bond acceptors (Lipinski definition) is 3. The average molecular weight is 272 g/mol. The van der Waals surface area contributed by atoms with Crippen molar-refractivity contribution >= 4 is 0 Å². The first-order chi connectivity index (χ1) is 9.58. The fourth-order valence-corrected chi connectivity index (χ4v) is 2.85. The van der Waals surface area contributed by atoms with Gasteiger partial charge in [-0.2, -0.15) is 5.26 Å². The second-order valence-electron chi connectivity index (χ2n) is 6.01. The molecule has 1 aromatic rings. The van der Waals surface area contributed by atoms with Gasteiger partial charge in [-0.05, 0) is 49.9 Å². The van der Waals surface area contributed by atoms with Crippen LogP contribution in [0.2, 0.25) is 0 Å². The molecule has 0 heterocycles. The topological polar surface area (TPSA) is 45.0 Å². The van der Waals surface area contributed by atoms with Gasteiger partial charge in [0.25, 0.3) is 0 Å². The summed E-state index contributed by atoms with van der Waals surface area (Å²) in [5, 5.41) is 12.5. The van der Waals surface area contributed by atoms with Gasteiger partial charge in [0, 0.05) is 6.42 Å². The van der Waals surface area contributed by atoms with Gasteiger partial charge in [-0.1, -0.05) is 26.0 Å². The Labute approximate surface area is 121 Å². The summed E-state index contributed by atoms with van der Waals surface area (Å²) in [6.45, 7) is 4.36. The molecule has 1 fully saturated rings. The van der Waals surface area contributed by atoms with E-state index in [1.807, 2.05) is 19.2 Å². The lowest BCUT2D eigenvalue weighted by atomic mass is 9.81. The van der Waals surface area contributed by atoms with E-state index < -0.39 is 5.54 Å². The normalized spacial score (nSPS) is 26.2. The molecule has 2 rings (SSSR count). The maximum Gasteiger partial charge on any atom is 0.120 e. The molecule has 0 aliphatic heterocycles. The molecule has 1 saturated carbocycles. The number of ether oxygens (including phenoxy) is 1.